The average molecular weight is 378 g/mol. The summed E-state index contributed by atoms with van der Waals surface area (Å²) in [6, 6.07) is 7.94. The van der Waals surface area contributed by atoms with Gasteiger partial charge in [-0.2, -0.15) is 0 Å². The Hall–Kier alpha value is -2.31. The second-order valence-corrected chi connectivity index (χ2v) is 7.17. The maximum atomic E-state index is 10.9. The predicted molar refractivity (Wildman–Crippen MR) is 95.8 cm³/mol. The van der Waals surface area contributed by atoms with Crippen molar-refractivity contribution in [2.24, 2.45) is 0 Å². The van der Waals surface area contributed by atoms with Crippen molar-refractivity contribution in [3.63, 3.8) is 0 Å². The van der Waals surface area contributed by atoms with Crippen molar-refractivity contribution in [3.05, 3.63) is 56.8 Å². The van der Waals surface area contributed by atoms with Gasteiger partial charge in [-0.1, -0.05) is 23.2 Å². The summed E-state index contributed by atoms with van der Waals surface area (Å²) in [6.45, 7) is 2.19. The number of nitro benzene ring substituents is 1. The number of hydrogen-bond acceptors (Lipinski definition) is 4. The summed E-state index contributed by atoms with van der Waals surface area (Å²) in [4.78, 5) is 14.7. The number of aromatic nitrogens is 2. The SMILES string of the molecule is CC1(n2cnc3ccc(Oc4c(Cl)cc([N+](=O)[O-])cc4Cl)cc32)CC1. The highest BCUT2D eigenvalue weighted by atomic mass is 35.5. The van der Waals surface area contributed by atoms with Gasteiger partial charge in [0.2, 0.25) is 0 Å². The van der Waals surface area contributed by atoms with Crippen LogP contribution in [0.2, 0.25) is 10.0 Å². The maximum absolute atomic E-state index is 10.9. The van der Waals surface area contributed by atoms with Gasteiger partial charge in [0.15, 0.2) is 5.75 Å². The van der Waals surface area contributed by atoms with Gasteiger partial charge in [0.1, 0.15) is 5.75 Å². The molecule has 1 aliphatic rings. The number of non-ortho nitro benzene ring substituents is 1. The van der Waals surface area contributed by atoms with E-state index in [9.17, 15) is 10.1 Å². The van der Waals surface area contributed by atoms with Crippen molar-refractivity contribution in [1.29, 1.82) is 0 Å². The summed E-state index contributed by atoms with van der Waals surface area (Å²) in [5.74, 6) is 0.730. The van der Waals surface area contributed by atoms with E-state index in [1.165, 1.54) is 12.1 Å². The third-order valence-corrected chi connectivity index (χ3v) is 5.05. The number of ether oxygens (including phenoxy) is 1. The number of fused-ring (bicyclic) bond motifs is 1. The molecule has 0 aliphatic heterocycles. The van der Waals surface area contributed by atoms with E-state index in [1.807, 2.05) is 18.5 Å². The molecule has 0 atom stereocenters. The normalized spacial score (nSPS) is 15.3. The molecule has 0 spiro atoms. The van der Waals surface area contributed by atoms with Gasteiger partial charge >= 0.3 is 0 Å². The van der Waals surface area contributed by atoms with E-state index in [2.05, 4.69) is 16.5 Å². The Labute approximate surface area is 153 Å². The fraction of sp³-hybridized carbons (Fsp3) is 0.235. The Balaban J connectivity index is 1.73. The summed E-state index contributed by atoms with van der Waals surface area (Å²) < 4.78 is 7.96. The van der Waals surface area contributed by atoms with Crippen LogP contribution in [0.3, 0.4) is 0 Å². The highest BCUT2D eigenvalue weighted by Gasteiger charge is 2.40. The van der Waals surface area contributed by atoms with Gasteiger partial charge in [0.05, 0.1) is 32.3 Å². The number of nitro groups is 1. The highest BCUT2D eigenvalue weighted by molar-refractivity contribution is 6.37. The molecule has 128 valence electrons. The number of benzene rings is 2. The molecule has 8 heteroatoms. The quantitative estimate of drug-likeness (QED) is 0.441. The Morgan fingerprint density at radius 2 is 1.92 bits per heavy atom. The van der Waals surface area contributed by atoms with E-state index < -0.39 is 4.92 Å². The minimum atomic E-state index is -0.553. The molecule has 1 saturated carbocycles. The average Bonchev–Trinajstić information content (AvgIpc) is 3.16. The fourth-order valence-electron chi connectivity index (χ4n) is 2.77. The molecule has 0 amide bonds. The molecule has 0 bridgehead atoms. The molecule has 1 fully saturated rings. The third kappa shape index (κ3) is 2.81. The molecule has 0 unspecified atom stereocenters. The molecule has 1 aromatic heterocycles. The van der Waals surface area contributed by atoms with E-state index in [-0.39, 0.29) is 27.0 Å². The Kier molecular flexibility index (Phi) is 3.63. The van der Waals surface area contributed by atoms with E-state index in [1.54, 1.807) is 6.07 Å². The summed E-state index contributed by atoms with van der Waals surface area (Å²) in [5.41, 5.74) is 1.77. The Morgan fingerprint density at radius 3 is 2.52 bits per heavy atom. The van der Waals surface area contributed by atoms with E-state index in [0.29, 0.717) is 5.75 Å². The molecule has 2 aromatic carbocycles. The van der Waals surface area contributed by atoms with Gasteiger partial charge in [0, 0.05) is 23.7 Å². The third-order valence-electron chi connectivity index (χ3n) is 4.49. The summed E-state index contributed by atoms with van der Waals surface area (Å²) in [5, 5.41) is 11.0. The van der Waals surface area contributed by atoms with Crippen molar-refractivity contribution in [1.82, 2.24) is 9.55 Å². The summed E-state index contributed by atoms with van der Waals surface area (Å²) >= 11 is 12.2. The lowest BCUT2D eigenvalue weighted by Crippen LogP contribution is -2.10. The van der Waals surface area contributed by atoms with E-state index in [0.717, 1.165) is 23.9 Å². The van der Waals surface area contributed by atoms with Crippen LogP contribution in [0.15, 0.2) is 36.7 Å². The minimum absolute atomic E-state index is 0.0851. The highest BCUT2D eigenvalue weighted by Crippen LogP contribution is 2.45. The van der Waals surface area contributed by atoms with Crippen molar-refractivity contribution in [2.75, 3.05) is 0 Å². The summed E-state index contributed by atoms with van der Waals surface area (Å²) in [6.07, 6.45) is 4.07. The fourth-order valence-corrected chi connectivity index (χ4v) is 3.32. The van der Waals surface area contributed by atoms with E-state index >= 15 is 0 Å². The molecular weight excluding hydrogens is 365 g/mol. The first kappa shape index (κ1) is 16.2. The number of hydrogen-bond donors (Lipinski definition) is 0. The predicted octanol–water partition coefficient (Wildman–Crippen LogP) is 5.55. The van der Waals surface area contributed by atoms with Gasteiger partial charge in [0.25, 0.3) is 5.69 Å². The lowest BCUT2D eigenvalue weighted by atomic mass is 10.2. The van der Waals surface area contributed by atoms with Crippen LogP contribution >= 0.6 is 23.2 Å². The largest absolute Gasteiger partial charge is 0.454 e. The first-order valence-electron chi connectivity index (χ1n) is 7.66. The molecule has 1 aliphatic carbocycles. The number of rotatable bonds is 4. The molecule has 6 nitrogen and oxygen atoms in total. The lowest BCUT2D eigenvalue weighted by Gasteiger charge is -2.13. The van der Waals surface area contributed by atoms with Gasteiger partial charge in [-0.15, -0.1) is 0 Å². The lowest BCUT2D eigenvalue weighted by molar-refractivity contribution is -0.384. The van der Waals surface area contributed by atoms with Crippen LogP contribution in [-0.4, -0.2) is 14.5 Å². The van der Waals surface area contributed by atoms with Crippen molar-refractivity contribution in [2.45, 2.75) is 25.3 Å². The molecule has 0 radical (unpaired) electrons. The maximum Gasteiger partial charge on any atom is 0.272 e. The Bertz CT molecular complexity index is 989. The van der Waals surface area contributed by atoms with Gasteiger partial charge < -0.3 is 9.30 Å². The monoisotopic (exact) mass is 377 g/mol. The molecular formula is C17H13Cl2N3O3. The minimum Gasteiger partial charge on any atom is -0.454 e. The number of halogens is 2. The number of nitrogens with zero attached hydrogens (tertiary/aromatic N) is 3. The zero-order valence-electron chi connectivity index (χ0n) is 13.2. The van der Waals surface area contributed by atoms with Gasteiger partial charge in [-0.25, -0.2) is 4.98 Å². The second-order valence-electron chi connectivity index (χ2n) is 6.36. The van der Waals surface area contributed by atoms with Crippen molar-refractivity contribution < 1.29 is 9.66 Å². The standard InChI is InChI=1S/C17H13Cl2N3O3/c1-17(4-5-17)21-9-20-14-3-2-11(8-15(14)21)25-16-12(18)6-10(22(23)24)7-13(16)19/h2-3,6-9H,4-5H2,1H3. The van der Waals surface area contributed by atoms with Crippen LogP contribution in [0.25, 0.3) is 11.0 Å². The smallest absolute Gasteiger partial charge is 0.272 e. The molecule has 0 saturated heterocycles. The van der Waals surface area contributed by atoms with Gasteiger partial charge in [-0.3, -0.25) is 10.1 Å². The number of imidazole rings is 1. The first-order valence-corrected chi connectivity index (χ1v) is 8.42. The zero-order valence-corrected chi connectivity index (χ0v) is 14.7. The topological polar surface area (TPSA) is 70.2 Å². The molecule has 25 heavy (non-hydrogen) atoms. The van der Waals surface area contributed by atoms with Crippen LogP contribution in [0.4, 0.5) is 5.69 Å². The van der Waals surface area contributed by atoms with Crippen LogP contribution in [0, 0.1) is 10.1 Å². The summed E-state index contributed by atoms with van der Waals surface area (Å²) in [7, 11) is 0. The molecule has 4 rings (SSSR count). The molecule has 0 N–H and O–H groups in total. The van der Waals surface area contributed by atoms with E-state index in [4.69, 9.17) is 27.9 Å². The van der Waals surface area contributed by atoms with Gasteiger partial charge in [-0.05, 0) is 31.9 Å². The first-order chi connectivity index (χ1) is 11.9. The van der Waals surface area contributed by atoms with Crippen LogP contribution in [0.1, 0.15) is 19.8 Å². The van der Waals surface area contributed by atoms with Crippen molar-refractivity contribution >= 4 is 39.9 Å². The Morgan fingerprint density at radius 1 is 1.24 bits per heavy atom. The van der Waals surface area contributed by atoms with Crippen LogP contribution in [0.5, 0.6) is 11.5 Å². The van der Waals surface area contributed by atoms with Crippen LogP contribution in [-0.2, 0) is 5.54 Å². The van der Waals surface area contributed by atoms with Crippen LogP contribution < -0.4 is 4.74 Å². The van der Waals surface area contributed by atoms with Crippen molar-refractivity contribution in [3.8, 4) is 11.5 Å². The second kappa shape index (κ2) is 5.61. The molecule has 1 heterocycles. The zero-order chi connectivity index (χ0) is 17.8. The molecule has 3 aromatic rings.